The van der Waals surface area contributed by atoms with Crippen molar-refractivity contribution in [3.05, 3.63) is 51.9 Å². The first-order chi connectivity index (χ1) is 10.0. The number of aromatic nitrogens is 3. The number of nitrogens with zero attached hydrogens (tertiary/aromatic N) is 3. The maximum Gasteiger partial charge on any atom is 0.339 e. The summed E-state index contributed by atoms with van der Waals surface area (Å²) in [7, 11) is 0. The van der Waals surface area contributed by atoms with Gasteiger partial charge in [-0.15, -0.1) is 0 Å². The van der Waals surface area contributed by atoms with Crippen molar-refractivity contribution >= 4 is 32.7 Å². The average molecular weight is 346 g/mol. The highest BCUT2D eigenvalue weighted by atomic mass is 79.9. The summed E-state index contributed by atoms with van der Waals surface area (Å²) >= 11 is 3.51. The Morgan fingerprint density at radius 1 is 1.24 bits per heavy atom. The number of aromatic carboxylic acids is 1. The molecule has 21 heavy (non-hydrogen) atoms. The predicted octanol–water partition coefficient (Wildman–Crippen LogP) is 3.50. The fourth-order valence-corrected chi connectivity index (χ4v) is 2.98. The van der Waals surface area contributed by atoms with E-state index < -0.39 is 5.97 Å². The zero-order valence-corrected chi connectivity index (χ0v) is 13.0. The normalized spacial score (nSPS) is 11.0. The number of fused-ring (bicyclic) bond motifs is 1. The van der Waals surface area contributed by atoms with Gasteiger partial charge in [0, 0.05) is 21.4 Å². The first-order valence-electron chi connectivity index (χ1n) is 6.34. The van der Waals surface area contributed by atoms with E-state index in [1.165, 1.54) is 0 Å². The highest BCUT2D eigenvalue weighted by Gasteiger charge is 2.20. The molecule has 0 aliphatic rings. The van der Waals surface area contributed by atoms with Gasteiger partial charge in [-0.05, 0) is 26.0 Å². The highest BCUT2D eigenvalue weighted by molar-refractivity contribution is 9.10. The summed E-state index contributed by atoms with van der Waals surface area (Å²) in [5.41, 5.74) is 1.28. The summed E-state index contributed by atoms with van der Waals surface area (Å²) in [6.45, 7) is 3.43. The summed E-state index contributed by atoms with van der Waals surface area (Å²) in [4.78, 5) is 15.7. The molecule has 0 spiro atoms. The Balaban J connectivity index is 2.34. The van der Waals surface area contributed by atoms with Crippen LogP contribution < -0.4 is 0 Å². The van der Waals surface area contributed by atoms with Gasteiger partial charge >= 0.3 is 5.97 Å². The molecule has 3 rings (SSSR count). The summed E-state index contributed by atoms with van der Waals surface area (Å²) in [5, 5.41) is 15.5. The van der Waals surface area contributed by atoms with Gasteiger partial charge in [-0.3, -0.25) is 0 Å². The Hall–Kier alpha value is -2.21. The predicted molar refractivity (Wildman–Crippen MR) is 83.0 cm³/mol. The van der Waals surface area contributed by atoms with Gasteiger partial charge in [-0.25, -0.2) is 14.5 Å². The van der Waals surface area contributed by atoms with Crippen LogP contribution in [-0.2, 0) is 0 Å². The number of halogens is 1. The molecular formula is C15H12BrN3O2. The number of carbonyl (C=O) groups is 1. The summed E-state index contributed by atoms with van der Waals surface area (Å²) in [5.74, 6) is -0.348. The molecule has 0 unspecified atom stereocenters. The minimum Gasteiger partial charge on any atom is -0.478 e. The van der Waals surface area contributed by atoms with Gasteiger partial charge in [0.1, 0.15) is 5.56 Å². The van der Waals surface area contributed by atoms with Crippen molar-refractivity contribution in [2.75, 3.05) is 0 Å². The molecule has 3 aromatic rings. The molecule has 5 nitrogen and oxygen atoms in total. The van der Waals surface area contributed by atoms with Crippen LogP contribution in [0.4, 0.5) is 0 Å². The Labute approximate surface area is 129 Å². The van der Waals surface area contributed by atoms with Gasteiger partial charge in [0.05, 0.1) is 11.4 Å². The fraction of sp³-hybridized carbons (Fsp3) is 0.133. The Morgan fingerprint density at radius 3 is 2.67 bits per heavy atom. The topological polar surface area (TPSA) is 68.0 Å². The number of pyridine rings is 1. The second kappa shape index (κ2) is 4.96. The summed E-state index contributed by atoms with van der Waals surface area (Å²) < 4.78 is 2.55. The second-order valence-corrected chi connectivity index (χ2v) is 5.59. The number of hydrogen-bond donors (Lipinski definition) is 1. The van der Waals surface area contributed by atoms with Crippen LogP contribution in [0.25, 0.3) is 16.6 Å². The molecule has 106 valence electrons. The standard InChI is InChI=1S/C15H12BrN3O2/c1-8-13(15(20)21)9(2)19(18-8)14-11-4-3-5-12(16)10(11)6-7-17-14/h3-7H,1-2H3,(H,20,21). The first-order valence-corrected chi connectivity index (χ1v) is 7.13. The van der Waals surface area contributed by atoms with Crippen LogP contribution in [0.2, 0.25) is 0 Å². The minimum absolute atomic E-state index is 0.226. The Kier molecular flexibility index (Phi) is 3.25. The van der Waals surface area contributed by atoms with Crippen molar-refractivity contribution < 1.29 is 9.90 Å². The molecule has 0 saturated heterocycles. The van der Waals surface area contributed by atoms with Crippen molar-refractivity contribution in [1.82, 2.24) is 14.8 Å². The average Bonchev–Trinajstić information content (AvgIpc) is 2.74. The van der Waals surface area contributed by atoms with Crippen LogP contribution in [0.3, 0.4) is 0 Å². The van der Waals surface area contributed by atoms with Crippen molar-refractivity contribution in [3.63, 3.8) is 0 Å². The summed E-state index contributed by atoms with van der Waals surface area (Å²) in [6, 6.07) is 7.73. The van der Waals surface area contributed by atoms with Crippen LogP contribution in [0, 0.1) is 13.8 Å². The third-order valence-electron chi connectivity index (χ3n) is 3.44. The lowest BCUT2D eigenvalue weighted by Crippen LogP contribution is -2.05. The van der Waals surface area contributed by atoms with Gasteiger partial charge in [0.2, 0.25) is 0 Å². The lowest BCUT2D eigenvalue weighted by molar-refractivity contribution is 0.0695. The van der Waals surface area contributed by atoms with E-state index in [1.807, 2.05) is 24.3 Å². The molecular weight excluding hydrogens is 334 g/mol. The molecule has 2 heterocycles. The van der Waals surface area contributed by atoms with Crippen molar-refractivity contribution in [3.8, 4) is 5.82 Å². The minimum atomic E-state index is -0.974. The highest BCUT2D eigenvalue weighted by Crippen LogP contribution is 2.28. The summed E-state index contributed by atoms with van der Waals surface area (Å²) in [6.07, 6.45) is 1.69. The van der Waals surface area contributed by atoms with E-state index in [2.05, 4.69) is 26.0 Å². The van der Waals surface area contributed by atoms with E-state index >= 15 is 0 Å². The first kappa shape index (κ1) is 13.8. The largest absolute Gasteiger partial charge is 0.478 e. The van der Waals surface area contributed by atoms with Gasteiger partial charge in [0.25, 0.3) is 0 Å². The lowest BCUT2D eigenvalue weighted by Gasteiger charge is -2.08. The smallest absolute Gasteiger partial charge is 0.339 e. The third-order valence-corrected chi connectivity index (χ3v) is 4.13. The Bertz CT molecular complexity index is 871. The van der Waals surface area contributed by atoms with Gasteiger partial charge in [-0.2, -0.15) is 5.10 Å². The van der Waals surface area contributed by atoms with Crippen molar-refractivity contribution in [2.45, 2.75) is 13.8 Å². The second-order valence-electron chi connectivity index (χ2n) is 4.73. The molecule has 2 aromatic heterocycles. The molecule has 0 amide bonds. The van der Waals surface area contributed by atoms with Crippen molar-refractivity contribution in [1.29, 1.82) is 0 Å². The molecule has 1 N–H and O–H groups in total. The number of hydrogen-bond acceptors (Lipinski definition) is 3. The zero-order valence-electron chi connectivity index (χ0n) is 11.5. The molecule has 0 atom stereocenters. The third kappa shape index (κ3) is 2.12. The number of aryl methyl sites for hydroxylation is 1. The fourth-order valence-electron chi connectivity index (χ4n) is 2.48. The lowest BCUT2D eigenvalue weighted by atomic mass is 10.1. The monoisotopic (exact) mass is 345 g/mol. The number of carboxylic acids is 1. The maximum atomic E-state index is 11.3. The quantitative estimate of drug-likeness (QED) is 0.771. The van der Waals surface area contributed by atoms with E-state index in [9.17, 15) is 9.90 Å². The molecule has 1 aromatic carbocycles. The van der Waals surface area contributed by atoms with Gasteiger partial charge in [0.15, 0.2) is 5.82 Å². The molecule has 0 fully saturated rings. The van der Waals surface area contributed by atoms with E-state index in [1.54, 1.807) is 24.7 Å². The number of benzene rings is 1. The maximum absolute atomic E-state index is 11.3. The van der Waals surface area contributed by atoms with Crippen LogP contribution >= 0.6 is 15.9 Å². The zero-order chi connectivity index (χ0) is 15.1. The van der Waals surface area contributed by atoms with Crippen molar-refractivity contribution in [2.24, 2.45) is 0 Å². The molecule has 0 bridgehead atoms. The SMILES string of the molecule is Cc1nn(-c2nccc3c(Br)cccc23)c(C)c1C(=O)O. The van der Waals surface area contributed by atoms with Gasteiger partial charge < -0.3 is 5.11 Å². The number of rotatable bonds is 2. The molecule has 0 radical (unpaired) electrons. The van der Waals surface area contributed by atoms with Crippen LogP contribution in [0.1, 0.15) is 21.7 Å². The van der Waals surface area contributed by atoms with Crippen LogP contribution in [0.15, 0.2) is 34.9 Å². The molecule has 0 aliphatic carbocycles. The van der Waals surface area contributed by atoms with E-state index in [-0.39, 0.29) is 5.56 Å². The molecule has 0 saturated carbocycles. The van der Waals surface area contributed by atoms with Crippen LogP contribution in [0.5, 0.6) is 0 Å². The van der Waals surface area contributed by atoms with E-state index in [4.69, 9.17) is 0 Å². The Morgan fingerprint density at radius 2 is 2.00 bits per heavy atom. The molecule has 6 heteroatoms. The van der Waals surface area contributed by atoms with Crippen LogP contribution in [-0.4, -0.2) is 25.8 Å². The molecule has 0 aliphatic heterocycles. The number of carboxylic acid groups (broad SMARTS) is 1. The van der Waals surface area contributed by atoms with E-state index in [0.29, 0.717) is 17.2 Å². The van der Waals surface area contributed by atoms with E-state index in [0.717, 1.165) is 15.2 Å². The van der Waals surface area contributed by atoms with Gasteiger partial charge in [-0.1, -0.05) is 28.1 Å².